The van der Waals surface area contributed by atoms with Gasteiger partial charge < -0.3 is 30.3 Å². The number of carbonyl (C=O) groups is 1. The van der Waals surface area contributed by atoms with Crippen molar-refractivity contribution in [2.24, 2.45) is 5.73 Å². The summed E-state index contributed by atoms with van der Waals surface area (Å²) in [5.41, 5.74) is 8.50. The molecule has 4 heterocycles. The number of hydrogen-bond donors (Lipinski definition) is 3. The fraction of sp³-hybridized carbons (Fsp3) is 0.343. The Morgan fingerprint density at radius 3 is 2.43 bits per heavy atom. The number of aromatic amines is 1. The highest BCUT2D eigenvalue weighted by Gasteiger charge is 2.39. The molecular formula is C35H40F2N8O2. The number of alkyl halides is 2. The lowest BCUT2D eigenvalue weighted by molar-refractivity contribution is 0.0452. The van der Waals surface area contributed by atoms with Gasteiger partial charge in [0.25, 0.3) is 11.9 Å². The smallest absolute Gasteiger partial charge is 0.311 e. The maximum absolute atomic E-state index is 14.9. The summed E-state index contributed by atoms with van der Waals surface area (Å²) >= 11 is 0. The molecule has 0 saturated carbocycles. The van der Waals surface area contributed by atoms with E-state index in [1.165, 1.54) is 11.8 Å². The first kappa shape index (κ1) is 32.0. The van der Waals surface area contributed by atoms with E-state index in [2.05, 4.69) is 50.7 Å². The van der Waals surface area contributed by atoms with Gasteiger partial charge in [0.2, 0.25) is 11.7 Å². The standard InChI is InChI=1S/C35H40F2N8O2/c1-3-35(36,37)31-30(47-34(42-31)45-17-15-26(16-18-45)25-9-5-4-6-10-25)32(46)39-27(23-38)14-13-24(2)43-19-21-44(22-20-43)33-40-28-11-7-8-12-29(28)41-33/h3-14,23-24,26H,1,15-22,38H2,2H3,(H,39,46)(H,40,41)/b14-13-,27-23+. The van der Waals surface area contributed by atoms with Gasteiger partial charge in [-0.3, -0.25) is 9.69 Å². The highest BCUT2D eigenvalue weighted by molar-refractivity contribution is 5.94. The molecule has 2 aliphatic heterocycles. The van der Waals surface area contributed by atoms with E-state index in [1.807, 2.05) is 48.5 Å². The molecule has 47 heavy (non-hydrogen) atoms. The Morgan fingerprint density at radius 1 is 1.04 bits per heavy atom. The monoisotopic (exact) mass is 642 g/mol. The van der Waals surface area contributed by atoms with E-state index in [1.54, 1.807) is 11.0 Å². The van der Waals surface area contributed by atoms with Gasteiger partial charge in [-0.25, -0.2) is 4.98 Å². The van der Waals surface area contributed by atoms with Gasteiger partial charge in [0.1, 0.15) is 0 Å². The largest absolute Gasteiger partial charge is 0.418 e. The van der Waals surface area contributed by atoms with Crippen LogP contribution >= 0.6 is 0 Å². The average molecular weight is 643 g/mol. The summed E-state index contributed by atoms with van der Waals surface area (Å²) in [5.74, 6) is -3.80. The molecule has 2 aliphatic rings. The lowest BCUT2D eigenvalue weighted by Gasteiger charge is -2.37. The van der Waals surface area contributed by atoms with Crippen molar-refractivity contribution < 1.29 is 18.0 Å². The van der Waals surface area contributed by atoms with Crippen LogP contribution in [-0.2, 0) is 5.92 Å². The van der Waals surface area contributed by atoms with Crippen LogP contribution < -0.4 is 20.9 Å². The summed E-state index contributed by atoms with van der Waals surface area (Å²) in [5, 5.41) is 2.62. The van der Waals surface area contributed by atoms with Crippen LogP contribution in [-0.4, -0.2) is 71.1 Å². The molecule has 1 unspecified atom stereocenters. The number of amides is 1. The molecule has 2 aromatic heterocycles. The van der Waals surface area contributed by atoms with Crippen molar-refractivity contribution in [3.63, 3.8) is 0 Å². The van der Waals surface area contributed by atoms with Crippen LogP contribution in [0.15, 0.2) is 95.7 Å². The second-order valence-electron chi connectivity index (χ2n) is 11.9. The molecule has 4 N–H and O–H groups in total. The third kappa shape index (κ3) is 7.07. The summed E-state index contributed by atoms with van der Waals surface area (Å²) in [4.78, 5) is 31.8. The lowest BCUT2D eigenvalue weighted by atomic mass is 9.90. The zero-order valence-electron chi connectivity index (χ0n) is 26.4. The molecule has 2 aromatic carbocycles. The number of anilines is 2. The minimum atomic E-state index is -3.57. The molecule has 1 atom stereocenters. The summed E-state index contributed by atoms with van der Waals surface area (Å²) in [6, 6.07) is 18.2. The number of imidazole rings is 1. The number of allylic oxidation sites excluding steroid dienone is 2. The number of nitrogens with two attached hydrogens (primary N) is 1. The zero-order chi connectivity index (χ0) is 33.0. The van der Waals surface area contributed by atoms with Crippen LogP contribution in [0.1, 0.15) is 47.5 Å². The molecule has 0 bridgehead atoms. The first-order chi connectivity index (χ1) is 22.8. The molecule has 0 radical (unpaired) electrons. The van der Waals surface area contributed by atoms with Crippen LogP contribution in [0.3, 0.4) is 0 Å². The highest BCUT2D eigenvalue weighted by atomic mass is 19.3. The molecule has 6 rings (SSSR count). The Morgan fingerprint density at radius 2 is 1.74 bits per heavy atom. The molecule has 0 spiro atoms. The number of fused-ring (bicyclic) bond motifs is 1. The van der Waals surface area contributed by atoms with Gasteiger partial charge in [-0.2, -0.15) is 13.8 Å². The SMILES string of the molecule is C=CC(F)(F)c1nc(N2CCC(c3ccccc3)CC2)oc1C(=O)NC(/C=C\C(C)N1CCN(c2nc3ccccc3[nH]2)CC1)=C/N. The molecule has 12 heteroatoms. The van der Waals surface area contributed by atoms with Crippen molar-refractivity contribution in [1.82, 2.24) is 25.2 Å². The van der Waals surface area contributed by atoms with Crippen LogP contribution in [0.4, 0.5) is 20.7 Å². The topological polar surface area (TPSA) is 120 Å². The van der Waals surface area contributed by atoms with Crippen molar-refractivity contribution in [3.05, 3.63) is 108 Å². The van der Waals surface area contributed by atoms with Gasteiger partial charge in [-0.05, 0) is 55.5 Å². The van der Waals surface area contributed by atoms with E-state index >= 15 is 0 Å². The predicted octanol–water partition coefficient (Wildman–Crippen LogP) is 5.51. The second kappa shape index (κ2) is 13.8. The predicted molar refractivity (Wildman–Crippen MR) is 179 cm³/mol. The van der Waals surface area contributed by atoms with Crippen molar-refractivity contribution in [3.8, 4) is 0 Å². The van der Waals surface area contributed by atoms with Crippen LogP contribution in [0.5, 0.6) is 0 Å². The van der Waals surface area contributed by atoms with Crippen molar-refractivity contribution in [2.45, 2.75) is 37.6 Å². The number of oxazole rings is 1. The molecule has 0 aliphatic carbocycles. The van der Waals surface area contributed by atoms with Gasteiger partial charge in [0.15, 0.2) is 5.69 Å². The number of aromatic nitrogens is 3. The highest BCUT2D eigenvalue weighted by Crippen LogP contribution is 2.36. The van der Waals surface area contributed by atoms with Crippen LogP contribution in [0, 0.1) is 0 Å². The van der Waals surface area contributed by atoms with Crippen molar-refractivity contribution >= 4 is 28.9 Å². The van der Waals surface area contributed by atoms with Gasteiger partial charge in [-0.1, -0.05) is 55.1 Å². The Balaban J connectivity index is 1.08. The minimum Gasteiger partial charge on any atom is -0.418 e. The number of nitrogens with one attached hydrogen (secondary N) is 2. The quantitative estimate of drug-likeness (QED) is 0.153. The Hall–Kier alpha value is -4.97. The van der Waals surface area contributed by atoms with E-state index in [4.69, 9.17) is 15.1 Å². The number of carbonyl (C=O) groups excluding carboxylic acids is 1. The summed E-state index contributed by atoms with van der Waals surface area (Å²) in [7, 11) is 0. The lowest BCUT2D eigenvalue weighted by Crippen LogP contribution is -2.49. The number of para-hydroxylation sites is 2. The fourth-order valence-electron chi connectivity index (χ4n) is 6.17. The van der Waals surface area contributed by atoms with E-state index in [9.17, 15) is 13.6 Å². The molecular weight excluding hydrogens is 602 g/mol. The number of hydrogen-bond acceptors (Lipinski definition) is 8. The number of halogens is 2. The van der Waals surface area contributed by atoms with E-state index in [0.717, 1.165) is 56.0 Å². The number of H-pyrrole nitrogens is 1. The van der Waals surface area contributed by atoms with Crippen LogP contribution in [0.25, 0.3) is 11.0 Å². The third-order valence-corrected chi connectivity index (χ3v) is 8.99. The average Bonchev–Trinajstić information content (AvgIpc) is 3.77. The molecule has 246 valence electrons. The van der Waals surface area contributed by atoms with Crippen molar-refractivity contribution in [2.75, 3.05) is 49.1 Å². The summed E-state index contributed by atoms with van der Waals surface area (Å²) in [6.45, 7) is 9.62. The number of rotatable bonds is 10. The Labute approximate surface area is 272 Å². The molecule has 1 amide bonds. The summed E-state index contributed by atoms with van der Waals surface area (Å²) in [6.07, 6.45) is 6.88. The van der Waals surface area contributed by atoms with Crippen LogP contribution in [0.2, 0.25) is 0 Å². The zero-order valence-corrected chi connectivity index (χ0v) is 26.4. The number of piperidine rings is 1. The van der Waals surface area contributed by atoms with Crippen molar-refractivity contribution in [1.29, 1.82) is 0 Å². The van der Waals surface area contributed by atoms with Gasteiger partial charge in [-0.15, -0.1) is 0 Å². The first-order valence-electron chi connectivity index (χ1n) is 15.9. The van der Waals surface area contributed by atoms with E-state index < -0.39 is 23.3 Å². The number of piperazine rings is 1. The third-order valence-electron chi connectivity index (χ3n) is 8.99. The normalized spacial score (nSPS) is 17.8. The Bertz CT molecular complexity index is 1720. The van der Waals surface area contributed by atoms with E-state index in [0.29, 0.717) is 25.1 Å². The second-order valence-corrected chi connectivity index (χ2v) is 11.9. The number of nitrogens with zero attached hydrogens (tertiary/aromatic N) is 5. The molecule has 4 aromatic rings. The van der Waals surface area contributed by atoms with Gasteiger partial charge >= 0.3 is 5.92 Å². The summed E-state index contributed by atoms with van der Waals surface area (Å²) < 4.78 is 35.6. The maximum atomic E-state index is 14.9. The molecule has 2 saturated heterocycles. The van der Waals surface area contributed by atoms with Gasteiger partial charge in [0, 0.05) is 51.5 Å². The molecule has 2 fully saturated rings. The maximum Gasteiger partial charge on any atom is 0.311 e. The fourth-order valence-corrected chi connectivity index (χ4v) is 6.17. The minimum absolute atomic E-state index is 0.0116. The Kier molecular flexibility index (Phi) is 9.39. The molecule has 10 nitrogen and oxygen atoms in total. The number of benzene rings is 2. The van der Waals surface area contributed by atoms with Gasteiger partial charge in [0.05, 0.1) is 16.7 Å². The van der Waals surface area contributed by atoms with E-state index in [-0.39, 0.29) is 17.8 Å². The first-order valence-corrected chi connectivity index (χ1v) is 15.9.